The summed E-state index contributed by atoms with van der Waals surface area (Å²) in [5.74, 6) is 0. The number of rotatable bonds is 3. The van der Waals surface area contributed by atoms with Gasteiger partial charge in [-0.25, -0.2) is 9.78 Å². The van der Waals surface area contributed by atoms with Gasteiger partial charge in [0.05, 0.1) is 16.3 Å². The van der Waals surface area contributed by atoms with E-state index in [0.717, 1.165) is 15.8 Å². The van der Waals surface area contributed by atoms with Crippen molar-refractivity contribution < 1.29 is 4.79 Å². The van der Waals surface area contributed by atoms with E-state index in [-0.39, 0.29) is 12.1 Å². The lowest BCUT2D eigenvalue weighted by molar-refractivity contribution is 0.249. The molecule has 0 unspecified atom stereocenters. The number of amides is 2. The molecule has 2 N–H and O–H groups in total. The summed E-state index contributed by atoms with van der Waals surface area (Å²) in [7, 11) is 0. The fourth-order valence-corrected chi connectivity index (χ4v) is 2.85. The van der Waals surface area contributed by atoms with Gasteiger partial charge in [-0.1, -0.05) is 23.5 Å². The molecule has 21 heavy (non-hydrogen) atoms. The number of aromatic nitrogens is 2. The SMILES string of the molecule is C[C@@H](NC(=O)Nc1nc2ccccc2s1)c1ccncc1. The summed E-state index contributed by atoms with van der Waals surface area (Å²) in [6.07, 6.45) is 3.41. The predicted octanol–water partition coefficient (Wildman–Crippen LogP) is 3.57. The highest BCUT2D eigenvalue weighted by molar-refractivity contribution is 7.22. The monoisotopic (exact) mass is 298 g/mol. The van der Waals surface area contributed by atoms with Gasteiger partial charge in [-0.15, -0.1) is 0 Å². The minimum atomic E-state index is -0.265. The first kappa shape index (κ1) is 13.5. The Morgan fingerprint density at radius 1 is 1.19 bits per heavy atom. The fourth-order valence-electron chi connectivity index (χ4n) is 1.99. The molecule has 0 spiro atoms. The summed E-state index contributed by atoms with van der Waals surface area (Å²) in [6.45, 7) is 1.92. The van der Waals surface area contributed by atoms with Crippen LogP contribution in [0.15, 0.2) is 48.8 Å². The summed E-state index contributed by atoms with van der Waals surface area (Å²) in [5.41, 5.74) is 1.89. The van der Waals surface area contributed by atoms with Gasteiger partial charge in [-0.3, -0.25) is 10.3 Å². The maximum Gasteiger partial charge on any atom is 0.321 e. The molecule has 0 saturated heterocycles. The topological polar surface area (TPSA) is 66.9 Å². The minimum absolute atomic E-state index is 0.0950. The van der Waals surface area contributed by atoms with E-state index >= 15 is 0 Å². The van der Waals surface area contributed by atoms with Crippen molar-refractivity contribution >= 4 is 32.7 Å². The number of anilines is 1. The quantitative estimate of drug-likeness (QED) is 0.776. The number of hydrogen-bond donors (Lipinski definition) is 2. The third kappa shape index (κ3) is 3.17. The van der Waals surface area contributed by atoms with Crippen molar-refractivity contribution in [2.45, 2.75) is 13.0 Å². The Morgan fingerprint density at radius 3 is 2.71 bits per heavy atom. The summed E-state index contributed by atoms with van der Waals surface area (Å²) in [5, 5.41) is 6.24. The molecule has 2 aromatic heterocycles. The zero-order valence-electron chi connectivity index (χ0n) is 11.4. The molecule has 6 heteroatoms. The maximum absolute atomic E-state index is 12.0. The van der Waals surface area contributed by atoms with Crippen molar-refractivity contribution in [3.63, 3.8) is 0 Å². The highest BCUT2D eigenvalue weighted by Crippen LogP contribution is 2.25. The third-order valence-corrected chi connectivity index (χ3v) is 4.02. The first-order valence-corrected chi connectivity index (χ1v) is 7.37. The van der Waals surface area contributed by atoms with E-state index in [1.165, 1.54) is 11.3 Å². The van der Waals surface area contributed by atoms with Crippen molar-refractivity contribution in [1.82, 2.24) is 15.3 Å². The number of urea groups is 1. The molecule has 5 nitrogen and oxygen atoms in total. The molecule has 2 amide bonds. The van der Waals surface area contributed by atoms with Crippen molar-refractivity contribution in [3.05, 3.63) is 54.4 Å². The number of carbonyl (C=O) groups is 1. The highest BCUT2D eigenvalue weighted by atomic mass is 32.1. The normalized spacial score (nSPS) is 12.0. The summed E-state index contributed by atoms with van der Waals surface area (Å²) in [6, 6.07) is 11.2. The van der Waals surface area contributed by atoms with E-state index in [9.17, 15) is 4.79 Å². The van der Waals surface area contributed by atoms with E-state index in [0.29, 0.717) is 5.13 Å². The predicted molar refractivity (Wildman–Crippen MR) is 84.4 cm³/mol. The molecule has 0 saturated carbocycles. The van der Waals surface area contributed by atoms with Crippen molar-refractivity contribution in [3.8, 4) is 0 Å². The molecule has 3 rings (SSSR count). The Labute approximate surface area is 126 Å². The molecule has 1 atom stereocenters. The van der Waals surface area contributed by atoms with E-state index in [4.69, 9.17) is 0 Å². The molecule has 1 aromatic carbocycles. The third-order valence-electron chi connectivity index (χ3n) is 3.07. The van der Waals surface area contributed by atoms with Gasteiger partial charge in [0.15, 0.2) is 5.13 Å². The van der Waals surface area contributed by atoms with Crippen LogP contribution in [-0.2, 0) is 0 Å². The van der Waals surface area contributed by atoms with Gasteiger partial charge in [0.2, 0.25) is 0 Å². The van der Waals surface area contributed by atoms with E-state index < -0.39 is 0 Å². The van der Waals surface area contributed by atoms with Crippen LogP contribution in [0.3, 0.4) is 0 Å². The standard InChI is InChI=1S/C15H14N4OS/c1-10(11-6-8-16-9-7-11)17-14(20)19-15-18-12-4-2-3-5-13(12)21-15/h2-10H,1H3,(H2,17,18,19,20)/t10-/m1/s1. The number of para-hydroxylation sites is 1. The number of nitrogens with zero attached hydrogens (tertiary/aromatic N) is 2. The van der Waals surface area contributed by atoms with Gasteiger partial charge in [-0.2, -0.15) is 0 Å². The van der Waals surface area contributed by atoms with Crippen LogP contribution in [0.4, 0.5) is 9.93 Å². The average Bonchev–Trinajstić information content (AvgIpc) is 2.90. The Bertz CT molecular complexity index is 723. The molecule has 3 aromatic rings. The lowest BCUT2D eigenvalue weighted by atomic mass is 10.1. The molecule has 2 heterocycles. The van der Waals surface area contributed by atoms with E-state index in [2.05, 4.69) is 20.6 Å². The smallest absolute Gasteiger partial charge is 0.321 e. The molecule has 0 aliphatic rings. The zero-order valence-corrected chi connectivity index (χ0v) is 12.2. The summed E-state index contributed by atoms with van der Waals surface area (Å²) >= 11 is 1.46. The number of carbonyl (C=O) groups excluding carboxylic acids is 1. The molecular weight excluding hydrogens is 284 g/mol. The van der Waals surface area contributed by atoms with Crippen LogP contribution in [0.2, 0.25) is 0 Å². The molecule has 0 fully saturated rings. The van der Waals surface area contributed by atoms with Gasteiger partial charge >= 0.3 is 6.03 Å². The van der Waals surface area contributed by atoms with Gasteiger partial charge in [0.1, 0.15) is 0 Å². The number of benzene rings is 1. The zero-order chi connectivity index (χ0) is 14.7. The number of thiazole rings is 1. The van der Waals surface area contributed by atoms with Gasteiger partial charge in [0, 0.05) is 12.4 Å². The number of pyridine rings is 1. The largest absolute Gasteiger partial charge is 0.331 e. The van der Waals surface area contributed by atoms with Gasteiger partial charge in [-0.05, 0) is 36.8 Å². The highest BCUT2D eigenvalue weighted by Gasteiger charge is 2.11. The van der Waals surface area contributed by atoms with E-state index in [1.54, 1.807) is 12.4 Å². The molecule has 0 aliphatic carbocycles. The van der Waals surface area contributed by atoms with Crippen molar-refractivity contribution in [1.29, 1.82) is 0 Å². The maximum atomic E-state index is 12.0. The Balaban J connectivity index is 1.66. The van der Waals surface area contributed by atoms with Crippen molar-refractivity contribution in [2.24, 2.45) is 0 Å². The lowest BCUT2D eigenvalue weighted by Crippen LogP contribution is -2.31. The molecular formula is C15H14N4OS. The second kappa shape index (κ2) is 5.88. The Hall–Kier alpha value is -2.47. The minimum Gasteiger partial charge on any atom is -0.331 e. The van der Waals surface area contributed by atoms with Crippen LogP contribution in [0.25, 0.3) is 10.2 Å². The van der Waals surface area contributed by atoms with Crippen LogP contribution in [0.1, 0.15) is 18.5 Å². The van der Waals surface area contributed by atoms with Gasteiger partial charge < -0.3 is 5.32 Å². The second-order valence-corrected chi connectivity index (χ2v) is 5.62. The summed E-state index contributed by atoms with van der Waals surface area (Å²) < 4.78 is 1.05. The Kier molecular flexibility index (Phi) is 3.79. The van der Waals surface area contributed by atoms with Crippen LogP contribution < -0.4 is 10.6 Å². The number of fused-ring (bicyclic) bond motifs is 1. The number of hydrogen-bond acceptors (Lipinski definition) is 4. The molecule has 106 valence electrons. The molecule has 0 aliphatic heterocycles. The molecule has 0 bridgehead atoms. The van der Waals surface area contributed by atoms with Crippen LogP contribution in [0.5, 0.6) is 0 Å². The average molecular weight is 298 g/mol. The number of nitrogens with one attached hydrogen (secondary N) is 2. The summed E-state index contributed by atoms with van der Waals surface area (Å²) in [4.78, 5) is 20.3. The van der Waals surface area contributed by atoms with Crippen LogP contribution in [-0.4, -0.2) is 16.0 Å². The van der Waals surface area contributed by atoms with Crippen LogP contribution in [0, 0.1) is 0 Å². The molecule has 0 radical (unpaired) electrons. The fraction of sp³-hybridized carbons (Fsp3) is 0.133. The van der Waals surface area contributed by atoms with Crippen LogP contribution >= 0.6 is 11.3 Å². The lowest BCUT2D eigenvalue weighted by Gasteiger charge is -2.13. The Morgan fingerprint density at radius 2 is 1.95 bits per heavy atom. The first-order valence-electron chi connectivity index (χ1n) is 6.55. The second-order valence-electron chi connectivity index (χ2n) is 4.59. The van der Waals surface area contributed by atoms with Crippen molar-refractivity contribution in [2.75, 3.05) is 5.32 Å². The van der Waals surface area contributed by atoms with E-state index in [1.807, 2.05) is 43.3 Å². The first-order chi connectivity index (χ1) is 10.2. The van der Waals surface area contributed by atoms with Gasteiger partial charge in [0.25, 0.3) is 0 Å².